The molecule has 2 heterocycles. The van der Waals surface area contributed by atoms with Gasteiger partial charge in [0.25, 0.3) is 0 Å². The first kappa shape index (κ1) is 28.3. The van der Waals surface area contributed by atoms with E-state index >= 15 is 0 Å². The minimum atomic E-state index is -1.67. The fourth-order valence-electron chi connectivity index (χ4n) is 4.52. The Labute approximate surface area is 214 Å². The Balaban J connectivity index is 1.83. The third-order valence-electron chi connectivity index (χ3n) is 6.34. The maximum absolute atomic E-state index is 11.5. The van der Waals surface area contributed by atoms with Crippen LogP contribution < -0.4 is 0 Å². The molecular formula is C25H33N5O7. The summed E-state index contributed by atoms with van der Waals surface area (Å²) in [5.74, 6) is -1.95. The fraction of sp³-hybridized carbons (Fsp3) is 0.480. The van der Waals surface area contributed by atoms with Crippen molar-refractivity contribution in [1.29, 1.82) is 0 Å². The Morgan fingerprint density at radius 1 is 0.865 bits per heavy atom. The van der Waals surface area contributed by atoms with Gasteiger partial charge in [0.1, 0.15) is 5.69 Å². The zero-order valence-corrected chi connectivity index (χ0v) is 20.5. The highest BCUT2D eigenvalue weighted by molar-refractivity contribution is 5.69. The summed E-state index contributed by atoms with van der Waals surface area (Å²) in [6.45, 7) is 1.52. The summed E-state index contributed by atoms with van der Waals surface area (Å²) in [5, 5.41) is 42.3. The molecule has 1 aliphatic rings. The van der Waals surface area contributed by atoms with E-state index in [1.807, 2.05) is 11.0 Å². The SMILES string of the molecule is O=Nc1ccc(CCC(C(O)O)N2CCN(CC(=O)O)Cc3cccc(n3)CN(CC(=O)O)CC2)cc1. The lowest BCUT2D eigenvalue weighted by Gasteiger charge is -2.36. The largest absolute Gasteiger partial charge is 0.480 e. The molecular weight excluding hydrogens is 482 g/mol. The van der Waals surface area contributed by atoms with Crippen molar-refractivity contribution in [2.45, 2.75) is 38.3 Å². The average Bonchev–Trinajstić information content (AvgIpc) is 2.84. The molecule has 1 atom stereocenters. The number of nitroso groups, excluding NO2 is 1. The number of carbonyl (C=O) groups is 2. The number of aliphatic carboxylic acids is 2. The molecule has 2 bridgehead atoms. The summed E-state index contributed by atoms with van der Waals surface area (Å²) in [6, 6.07) is 11.5. The second kappa shape index (κ2) is 13.9. The van der Waals surface area contributed by atoms with E-state index in [9.17, 15) is 34.9 Å². The van der Waals surface area contributed by atoms with Gasteiger partial charge in [0, 0.05) is 39.3 Å². The molecule has 0 radical (unpaired) electrons. The lowest BCUT2D eigenvalue weighted by molar-refractivity contribution is -0.139. The molecule has 1 aromatic heterocycles. The molecule has 1 aromatic carbocycles. The molecule has 1 unspecified atom stereocenters. The van der Waals surface area contributed by atoms with Crippen molar-refractivity contribution < 1.29 is 30.0 Å². The molecule has 12 nitrogen and oxygen atoms in total. The molecule has 0 saturated carbocycles. The molecule has 4 N–H and O–H groups in total. The Morgan fingerprint density at radius 2 is 1.41 bits per heavy atom. The van der Waals surface area contributed by atoms with Gasteiger partial charge in [-0.1, -0.05) is 18.2 Å². The number of fused-ring (bicyclic) bond motifs is 2. The normalized spacial score (nSPS) is 17.1. The van der Waals surface area contributed by atoms with Crippen molar-refractivity contribution >= 4 is 17.6 Å². The maximum Gasteiger partial charge on any atom is 0.317 e. The molecule has 0 amide bonds. The van der Waals surface area contributed by atoms with Gasteiger partial charge in [-0.2, -0.15) is 0 Å². The smallest absolute Gasteiger partial charge is 0.317 e. The summed E-state index contributed by atoms with van der Waals surface area (Å²) in [7, 11) is 0. The number of carboxylic acids is 2. The van der Waals surface area contributed by atoms with Crippen molar-refractivity contribution in [3.05, 3.63) is 64.3 Å². The van der Waals surface area contributed by atoms with E-state index in [4.69, 9.17) is 0 Å². The number of pyridine rings is 1. The van der Waals surface area contributed by atoms with E-state index in [1.165, 1.54) is 0 Å². The zero-order chi connectivity index (χ0) is 26.8. The van der Waals surface area contributed by atoms with Crippen LogP contribution in [0.5, 0.6) is 0 Å². The van der Waals surface area contributed by atoms with E-state index in [1.54, 1.807) is 46.2 Å². The quantitative estimate of drug-likeness (QED) is 0.262. The molecule has 0 saturated heterocycles. The number of aliphatic hydroxyl groups is 2. The fourth-order valence-corrected chi connectivity index (χ4v) is 4.52. The molecule has 200 valence electrons. The first-order valence-electron chi connectivity index (χ1n) is 12.1. The first-order valence-corrected chi connectivity index (χ1v) is 12.1. The Hall–Kier alpha value is -3.29. The van der Waals surface area contributed by atoms with E-state index in [2.05, 4.69) is 10.2 Å². The second-order valence-electron chi connectivity index (χ2n) is 9.14. The number of rotatable bonds is 10. The number of hydrogen-bond donors (Lipinski definition) is 4. The minimum absolute atomic E-state index is 0.200. The van der Waals surface area contributed by atoms with Gasteiger partial charge in [-0.15, -0.1) is 4.91 Å². The summed E-state index contributed by atoms with van der Waals surface area (Å²) >= 11 is 0. The van der Waals surface area contributed by atoms with Gasteiger partial charge in [0.2, 0.25) is 0 Å². The van der Waals surface area contributed by atoms with Crippen LogP contribution in [0.3, 0.4) is 0 Å². The molecule has 1 aliphatic heterocycles. The van der Waals surface area contributed by atoms with E-state index in [0.29, 0.717) is 56.1 Å². The van der Waals surface area contributed by atoms with Crippen LogP contribution in [0.4, 0.5) is 5.69 Å². The van der Waals surface area contributed by atoms with Gasteiger partial charge < -0.3 is 20.4 Å². The molecule has 37 heavy (non-hydrogen) atoms. The van der Waals surface area contributed by atoms with Crippen molar-refractivity contribution in [2.24, 2.45) is 5.18 Å². The number of aryl methyl sites for hydroxylation is 1. The highest BCUT2D eigenvalue weighted by Gasteiger charge is 2.27. The zero-order valence-electron chi connectivity index (χ0n) is 20.5. The van der Waals surface area contributed by atoms with Crippen LogP contribution in [0.15, 0.2) is 47.6 Å². The van der Waals surface area contributed by atoms with E-state index in [0.717, 1.165) is 5.56 Å². The van der Waals surface area contributed by atoms with E-state index in [-0.39, 0.29) is 26.2 Å². The van der Waals surface area contributed by atoms with Crippen LogP contribution in [0.2, 0.25) is 0 Å². The van der Waals surface area contributed by atoms with Gasteiger partial charge in [-0.25, -0.2) is 0 Å². The number of aliphatic hydroxyl groups excluding tert-OH is 1. The minimum Gasteiger partial charge on any atom is -0.480 e. The molecule has 2 aromatic rings. The van der Waals surface area contributed by atoms with Crippen LogP contribution in [0.25, 0.3) is 0 Å². The Bertz CT molecular complexity index is 1000. The Morgan fingerprint density at radius 3 is 1.86 bits per heavy atom. The molecule has 0 spiro atoms. The molecule has 0 fully saturated rings. The lowest BCUT2D eigenvalue weighted by atomic mass is 10.0. The van der Waals surface area contributed by atoms with Crippen LogP contribution in [-0.2, 0) is 29.1 Å². The van der Waals surface area contributed by atoms with Gasteiger partial charge in [0.05, 0.1) is 30.5 Å². The van der Waals surface area contributed by atoms with Gasteiger partial charge in [-0.05, 0) is 47.8 Å². The predicted molar refractivity (Wildman–Crippen MR) is 134 cm³/mol. The Kier molecular flexibility index (Phi) is 10.6. The number of carboxylic acid groups (broad SMARTS) is 2. The van der Waals surface area contributed by atoms with Crippen LogP contribution in [-0.4, -0.2) is 104 Å². The number of nitrogens with zero attached hydrogens (tertiary/aromatic N) is 5. The molecule has 3 rings (SSSR count). The molecule has 12 heteroatoms. The second-order valence-corrected chi connectivity index (χ2v) is 9.14. The van der Waals surface area contributed by atoms with Crippen LogP contribution >= 0.6 is 0 Å². The van der Waals surface area contributed by atoms with E-state index < -0.39 is 24.3 Å². The summed E-state index contributed by atoms with van der Waals surface area (Å²) < 4.78 is 0. The third-order valence-corrected chi connectivity index (χ3v) is 6.34. The monoisotopic (exact) mass is 515 g/mol. The van der Waals surface area contributed by atoms with Gasteiger partial charge in [-0.3, -0.25) is 29.3 Å². The summed E-state index contributed by atoms with van der Waals surface area (Å²) in [5.41, 5.74) is 2.56. The highest BCUT2D eigenvalue weighted by Crippen LogP contribution is 2.18. The average molecular weight is 516 g/mol. The van der Waals surface area contributed by atoms with Crippen molar-refractivity contribution in [1.82, 2.24) is 19.7 Å². The van der Waals surface area contributed by atoms with Crippen molar-refractivity contribution in [3.63, 3.8) is 0 Å². The van der Waals surface area contributed by atoms with Crippen molar-refractivity contribution in [3.8, 4) is 0 Å². The van der Waals surface area contributed by atoms with Gasteiger partial charge in [0.15, 0.2) is 6.29 Å². The van der Waals surface area contributed by atoms with Crippen molar-refractivity contribution in [2.75, 3.05) is 39.3 Å². The standard InChI is InChI=1S/C25H33N5O7/c31-23(32)16-28-10-12-30(22(25(35)36)9-6-18-4-7-19(27-37)8-5-18)13-11-29(17-24(33)34)15-21-3-1-2-20(14-28)26-21/h1-5,7-8,22,25,35-36H,6,9-17H2,(H,31,32)(H,33,34). The van der Waals surface area contributed by atoms with Gasteiger partial charge >= 0.3 is 11.9 Å². The molecule has 0 aliphatic carbocycles. The van der Waals surface area contributed by atoms with Crippen LogP contribution in [0, 0.1) is 4.91 Å². The predicted octanol–water partition coefficient (Wildman–Crippen LogP) is 0.880. The highest BCUT2D eigenvalue weighted by atomic mass is 16.5. The number of aromatic nitrogens is 1. The topological polar surface area (TPSA) is 167 Å². The number of benzene rings is 1. The summed E-state index contributed by atoms with van der Waals surface area (Å²) in [4.78, 5) is 43.6. The summed E-state index contributed by atoms with van der Waals surface area (Å²) in [6.07, 6.45) is -0.785. The maximum atomic E-state index is 11.5. The van der Waals surface area contributed by atoms with Crippen LogP contribution in [0.1, 0.15) is 23.4 Å². The third kappa shape index (κ3) is 9.26. The first-order chi connectivity index (χ1) is 17.7. The number of hydrogen-bond acceptors (Lipinski definition) is 10. The lowest BCUT2D eigenvalue weighted by Crippen LogP contribution is -2.50.